The smallest absolute Gasteiger partial charge is 0.230 e. The molecule has 0 fully saturated rings. The number of unbranched alkanes of at least 4 members (excludes halogenated alkanes) is 1. The molecule has 0 bridgehead atoms. The summed E-state index contributed by atoms with van der Waals surface area (Å²) in [5.74, 6) is 0.474. The first kappa shape index (κ1) is 13.3. The minimum Gasteiger partial charge on any atom is -0.355 e. The van der Waals surface area contributed by atoms with Gasteiger partial charge >= 0.3 is 0 Å². The van der Waals surface area contributed by atoms with Crippen LogP contribution in [0, 0.1) is 0 Å². The normalized spacial score (nSPS) is 10.7. The highest BCUT2D eigenvalue weighted by molar-refractivity contribution is 8.00. The maximum atomic E-state index is 11.6. The Balaban J connectivity index is 1.90. The first-order valence-corrected chi connectivity index (χ1v) is 7.75. The lowest BCUT2D eigenvalue weighted by Crippen LogP contribution is -2.26. The van der Waals surface area contributed by atoms with Gasteiger partial charge in [-0.3, -0.25) is 4.79 Å². The van der Waals surface area contributed by atoms with Crippen molar-refractivity contribution in [3.8, 4) is 0 Å². The fourth-order valence-corrected chi connectivity index (χ4v) is 3.08. The number of hydrogen-bond acceptors (Lipinski definition) is 5. The standard InChI is InChI=1S/C12H15N3OS2/c1-2-3-5-13-10(16)7-18-12-9-4-6-17-11(9)14-8-15-12/h4,6,8H,2-3,5,7H2,1H3,(H,13,16). The number of amides is 1. The van der Waals surface area contributed by atoms with Crippen molar-refractivity contribution in [1.82, 2.24) is 15.3 Å². The van der Waals surface area contributed by atoms with Crippen LogP contribution >= 0.6 is 23.1 Å². The maximum absolute atomic E-state index is 11.6. The zero-order valence-electron chi connectivity index (χ0n) is 10.2. The lowest BCUT2D eigenvalue weighted by Gasteiger charge is -2.04. The summed E-state index contributed by atoms with van der Waals surface area (Å²) in [6.45, 7) is 2.86. The van der Waals surface area contributed by atoms with Crippen LogP contribution < -0.4 is 5.32 Å². The molecule has 0 unspecified atom stereocenters. The van der Waals surface area contributed by atoms with Gasteiger partial charge in [-0.25, -0.2) is 9.97 Å². The minimum atomic E-state index is 0.0652. The Hall–Kier alpha value is -1.14. The Morgan fingerprint density at radius 2 is 2.39 bits per heavy atom. The fourth-order valence-electron chi connectivity index (χ4n) is 1.47. The van der Waals surface area contributed by atoms with Gasteiger partial charge < -0.3 is 5.32 Å². The Labute approximate surface area is 114 Å². The van der Waals surface area contributed by atoms with E-state index in [1.165, 1.54) is 11.8 Å². The topological polar surface area (TPSA) is 54.9 Å². The molecule has 2 rings (SSSR count). The third kappa shape index (κ3) is 3.43. The van der Waals surface area contributed by atoms with Crippen molar-refractivity contribution < 1.29 is 4.79 Å². The first-order chi connectivity index (χ1) is 8.81. The van der Waals surface area contributed by atoms with E-state index in [4.69, 9.17) is 0 Å². The molecule has 0 saturated heterocycles. The predicted octanol–water partition coefficient (Wildman–Crippen LogP) is 2.70. The van der Waals surface area contributed by atoms with E-state index in [1.54, 1.807) is 17.7 Å². The zero-order valence-corrected chi connectivity index (χ0v) is 11.8. The lowest BCUT2D eigenvalue weighted by atomic mass is 10.3. The maximum Gasteiger partial charge on any atom is 0.230 e. The molecule has 2 aromatic heterocycles. The molecule has 96 valence electrons. The van der Waals surface area contributed by atoms with Crippen molar-refractivity contribution in [2.75, 3.05) is 12.3 Å². The van der Waals surface area contributed by atoms with E-state index in [2.05, 4.69) is 22.2 Å². The summed E-state index contributed by atoms with van der Waals surface area (Å²) < 4.78 is 0. The van der Waals surface area contributed by atoms with Gasteiger partial charge in [-0.15, -0.1) is 11.3 Å². The second kappa shape index (κ2) is 6.70. The number of fused-ring (bicyclic) bond motifs is 1. The molecule has 0 aliphatic heterocycles. The number of aromatic nitrogens is 2. The van der Waals surface area contributed by atoms with Crippen molar-refractivity contribution in [2.24, 2.45) is 0 Å². The Morgan fingerprint density at radius 1 is 1.50 bits per heavy atom. The molecule has 6 heteroatoms. The van der Waals surface area contributed by atoms with E-state index < -0.39 is 0 Å². The second-order valence-electron chi connectivity index (χ2n) is 3.81. The average molecular weight is 281 g/mol. The number of thioether (sulfide) groups is 1. The van der Waals surface area contributed by atoms with Gasteiger partial charge in [0.05, 0.1) is 5.75 Å². The quantitative estimate of drug-likeness (QED) is 0.502. The van der Waals surface area contributed by atoms with Gasteiger partial charge in [0.25, 0.3) is 0 Å². The summed E-state index contributed by atoms with van der Waals surface area (Å²) in [5.41, 5.74) is 0. The molecule has 0 saturated carbocycles. The van der Waals surface area contributed by atoms with E-state index in [9.17, 15) is 4.79 Å². The molecule has 0 radical (unpaired) electrons. The number of thiophene rings is 1. The number of nitrogens with one attached hydrogen (secondary N) is 1. The van der Waals surface area contributed by atoms with Crippen LogP contribution in [0.2, 0.25) is 0 Å². The number of hydrogen-bond donors (Lipinski definition) is 1. The van der Waals surface area contributed by atoms with Crippen molar-refractivity contribution in [3.63, 3.8) is 0 Å². The largest absolute Gasteiger partial charge is 0.355 e. The van der Waals surface area contributed by atoms with Gasteiger partial charge in [0.2, 0.25) is 5.91 Å². The molecule has 0 aromatic carbocycles. The first-order valence-electron chi connectivity index (χ1n) is 5.89. The SMILES string of the molecule is CCCCNC(=O)CSc1ncnc2sccc12. The predicted molar refractivity (Wildman–Crippen MR) is 76.1 cm³/mol. The van der Waals surface area contributed by atoms with Gasteiger partial charge in [-0.05, 0) is 17.9 Å². The summed E-state index contributed by atoms with van der Waals surface area (Å²) in [6, 6.07) is 2.00. The highest BCUT2D eigenvalue weighted by Gasteiger charge is 2.07. The third-order valence-electron chi connectivity index (χ3n) is 2.42. The number of rotatable bonds is 6. The Morgan fingerprint density at radius 3 is 3.22 bits per heavy atom. The van der Waals surface area contributed by atoms with Gasteiger partial charge in [-0.2, -0.15) is 0 Å². The monoisotopic (exact) mass is 281 g/mol. The summed E-state index contributed by atoms with van der Waals surface area (Å²) >= 11 is 3.05. The molecule has 0 aliphatic rings. The van der Waals surface area contributed by atoms with Crippen molar-refractivity contribution >= 4 is 39.2 Å². The van der Waals surface area contributed by atoms with Gasteiger partial charge in [0.1, 0.15) is 16.2 Å². The summed E-state index contributed by atoms with van der Waals surface area (Å²) in [4.78, 5) is 21.0. The number of carbonyl (C=O) groups excluding carboxylic acids is 1. The molecule has 0 aliphatic carbocycles. The van der Waals surface area contributed by atoms with Crippen LogP contribution in [-0.2, 0) is 4.79 Å². The van der Waals surface area contributed by atoms with Gasteiger partial charge in [-0.1, -0.05) is 25.1 Å². The van der Waals surface area contributed by atoms with E-state index in [0.29, 0.717) is 5.75 Å². The van der Waals surface area contributed by atoms with Gasteiger partial charge in [0.15, 0.2) is 0 Å². The van der Waals surface area contributed by atoms with Gasteiger partial charge in [0, 0.05) is 11.9 Å². The van der Waals surface area contributed by atoms with E-state index in [0.717, 1.165) is 34.6 Å². The molecule has 1 amide bonds. The molecule has 1 N–H and O–H groups in total. The number of carbonyl (C=O) groups is 1. The molecular formula is C12H15N3OS2. The van der Waals surface area contributed by atoms with E-state index >= 15 is 0 Å². The van der Waals surface area contributed by atoms with Crippen LogP contribution in [0.4, 0.5) is 0 Å². The fraction of sp³-hybridized carbons (Fsp3) is 0.417. The molecular weight excluding hydrogens is 266 g/mol. The Bertz CT molecular complexity index is 527. The number of nitrogens with zero attached hydrogens (tertiary/aromatic N) is 2. The second-order valence-corrected chi connectivity index (χ2v) is 5.67. The summed E-state index contributed by atoms with van der Waals surface area (Å²) in [6.07, 6.45) is 3.67. The molecule has 0 atom stereocenters. The van der Waals surface area contributed by atoms with Crippen LogP contribution in [0.25, 0.3) is 10.2 Å². The van der Waals surface area contributed by atoms with E-state index in [-0.39, 0.29) is 5.91 Å². The van der Waals surface area contributed by atoms with Crippen molar-refractivity contribution in [3.05, 3.63) is 17.8 Å². The Kier molecular flexibility index (Phi) is 4.95. The summed E-state index contributed by atoms with van der Waals surface area (Å²) in [7, 11) is 0. The van der Waals surface area contributed by atoms with Crippen LogP contribution in [0.5, 0.6) is 0 Å². The van der Waals surface area contributed by atoms with Crippen molar-refractivity contribution in [2.45, 2.75) is 24.8 Å². The van der Waals surface area contributed by atoms with Crippen LogP contribution in [-0.4, -0.2) is 28.2 Å². The molecule has 0 spiro atoms. The third-order valence-corrected chi connectivity index (χ3v) is 4.24. The minimum absolute atomic E-state index is 0.0652. The summed E-state index contributed by atoms with van der Waals surface area (Å²) in [5, 5.41) is 6.80. The highest BCUT2D eigenvalue weighted by Crippen LogP contribution is 2.27. The van der Waals surface area contributed by atoms with Crippen LogP contribution in [0.1, 0.15) is 19.8 Å². The molecule has 4 nitrogen and oxygen atoms in total. The molecule has 2 heterocycles. The van der Waals surface area contributed by atoms with E-state index in [1.807, 2.05) is 11.4 Å². The average Bonchev–Trinajstić information content (AvgIpc) is 2.85. The van der Waals surface area contributed by atoms with Crippen molar-refractivity contribution in [1.29, 1.82) is 0 Å². The molecule has 2 aromatic rings. The lowest BCUT2D eigenvalue weighted by molar-refractivity contribution is -0.118. The van der Waals surface area contributed by atoms with Crippen LogP contribution in [0.3, 0.4) is 0 Å². The van der Waals surface area contributed by atoms with Crippen LogP contribution in [0.15, 0.2) is 22.8 Å². The zero-order chi connectivity index (χ0) is 12.8. The highest BCUT2D eigenvalue weighted by atomic mass is 32.2. The molecule has 18 heavy (non-hydrogen) atoms.